The SMILES string of the molecule is O=C(NCc1ccc(N2CCCC2=O)cc1)c1ccc(-n2cnc3ccccc32)cc1. The standard InChI is InChI=1S/C25H22N4O2/c30-24-6-3-15-28(24)20-11-7-18(8-12-20)16-26-25(31)19-9-13-21(14-10-19)29-17-27-22-4-1-2-5-23(22)29/h1-2,4-5,7-14,17H,3,6,15-16H2,(H,26,31). The van der Waals surface area contributed by atoms with Gasteiger partial charge in [0.2, 0.25) is 5.91 Å². The van der Waals surface area contributed by atoms with E-state index in [1.165, 1.54) is 0 Å². The second kappa shape index (κ2) is 8.07. The molecule has 4 aromatic rings. The molecule has 0 saturated carbocycles. The van der Waals surface area contributed by atoms with E-state index in [1.54, 1.807) is 6.33 Å². The molecule has 1 aliphatic heterocycles. The summed E-state index contributed by atoms with van der Waals surface area (Å²) < 4.78 is 2.00. The predicted octanol–water partition coefficient (Wildman–Crippen LogP) is 4.08. The second-order valence-corrected chi connectivity index (χ2v) is 7.65. The largest absolute Gasteiger partial charge is 0.348 e. The van der Waals surface area contributed by atoms with Gasteiger partial charge in [0.1, 0.15) is 6.33 Å². The van der Waals surface area contributed by atoms with Crippen LogP contribution in [0.4, 0.5) is 5.69 Å². The van der Waals surface area contributed by atoms with Crippen molar-refractivity contribution in [3.63, 3.8) is 0 Å². The van der Waals surface area contributed by atoms with Crippen LogP contribution in [0.15, 0.2) is 79.1 Å². The Morgan fingerprint density at radius 2 is 1.68 bits per heavy atom. The molecule has 2 amide bonds. The maximum atomic E-state index is 12.6. The number of hydrogen-bond donors (Lipinski definition) is 1. The summed E-state index contributed by atoms with van der Waals surface area (Å²) in [5, 5.41) is 2.96. The number of aromatic nitrogens is 2. The Morgan fingerprint density at radius 1 is 0.935 bits per heavy atom. The van der Waals surface area contributed by atoms with Gasteiger partial charge in [-0.05, 0) is 60.5 Å². The number of hydrogen-bond acceptors (Lipinski definition) is 3. The van der Waals surface area contributed by atoms with E-state index in [0.29, 0.717) is 18.5 Å². The zero-order valence-electron chi connectivity index (χ0n) is 17.0. The van der Waals surface area contributed by atoms with Gasteiger partial charge in [-0.3, -0.25) is 14.2 Å². The first-order valence-electron chi connectivity index (χ1n) is 10.4. The van der Waals surface area contributed by atoms with Crippen LogP contribution in [0.25, 0.3) is 16.7 Å². The van der Waals surface area contributed by atoms with Crippen LogP contribution in [-0.2, 0) is 11.3 Å². The first-order chi connectivity index (χ1) is 15.2. The number of rotatable bonds is 5. The molecule has 3 aromatic carbocycles. The van der Waals surface area contributed by atoms with Crippen LogP contribution in [0.5, 0.6) is 0 Å². The molecule has 2 heterocycles. The minimum absolute atomic E-state index is 0.124. The van der Waals surface area contributed by atoms with Gasteiger partial charge in [-0.1, -0.05) is 24.3 Å². The first kappa shape index (κ1) is 19.1. The summed E-state index contributed by atoms with van der Waals surface area (Å²) in [6, 6.07) is 23.2. The van der Waals surface area contributed by atoms with E-state index in [9.17, 15) is 9.59 Å². The van der Waals surface area contributed by atoms with Crippen LogP contribution in [-0.4, -0.2) is 27.9 Å². The lowest BCUT2D eigenvalue weighted by Crippen LogP contribution is -2.24. The fourth-order valence-corrected chi connectivity index (χ4v) is 3.94. The van der Waals surface area contributed by atoms with Crippen molar-refractivity contribution in [2.24, 2.45) is 0 Å². The Hall–Kier alpha value is -3.93. The lowest BCUT2D eigenvalue weighted by molar-refractivity contribution is -0.117. The minimum atomic E-state index is -0.124. The van der Waals surface area contributed by atoms with E-state index in [2.05, 4.69) is 10.3 Å². The third kappa shape index (κ3) is 3.80. The quantitative estimate of drug-likeness (QED) is 0.539. The van der Waals surface area contributed by atoms with Gasteiger partial charge in [-0.15, -0.1) is 0 Å². The summed E-state index contributed by atoms with van der Waals surface area (Å²) >= 11 is 0. The molecule has 0 bridgehead atoms. The molecule has 6 heteroatoms. The molecule has 6 nitrogen and oxygen atoms in total. The Balaban J connectivity index is 1.23. The Morgan fingerprint density at radius 3 is 2.42 bits per heavy atom. The number of amides is 2. The molecule has 1 fully saturated rings. The molecule has 0 atom stereocenters. The van der Waals surface area contributed by atoms with Crippen molar-refractivity contribution in [2.45, 2.75) is 19.4 Å². The maximum Gasteiger partial charge on any atom is 0.251 e. The van der Waals surface area contributed by atoms with E-state index in [-0.39, 0.29) is 11.8 Å². The Kier molecular flexibility index (Phi) is 4.96. The zero-order chi connectivity index (χ0) is 21.2. The highest BCUT2D eigenvalue weighted by molar-refractivity contribution is 5.95. The van der Waals surface area contributed by atoms with E-state index in [1.807, 2.05) is 82.3 Å². The molecular formula is C25H22N4O2. The number of carbonyl (C=O) groups is 2. The number of anilines is 1. The average Bonchev–Trinajstić information content (AvgIpc) is 3.44. The van der Waals surface area contributed by atoms with Crippen molar-refractivity contribution in [3.8, 4) is 5.69 Å². The normalized spacial score (nSPS) is 13.7. The van der Waals surface area contributed by atoms with Crippen LogP contribution in [0.3, 0.4) is 0 Å². The third-order valence-electron chi connectivity index (χ3n) is 5.64. The van der Waals surface area contributed by atoms with Gasteiger partial charge in [0.05, 0.1) is 11.0 Å². The first-order valence-corrected chi connectivity index (χ1v) is 10.4. The van der Waals surface area contributed by atoms with Crippen molar-refractivity contribution in [2.75, 3.05) is 11.4 Å². The van der Waals surface area contributed by atoms with E-state index in [4.69, 9.17) is 0 Å². The Labute approximate surface area is 180 Å². The highest BCUT2D eigenvalue weighted by Gasteiger charge is 2.21. The summed E-state index contributed by atoms with van der Waals surface area (Å²) in [6.45, 7) is 1.21. The number of benzene rings is 3. The molecule has 1 aliphatic rings. The minimum Gasteiger partial charge on any atom is -0.348 e. The monoisotopic (exact) mass is 410 g/mol. The molecule has 5 rings (SSSR count). The molecule has 0 unspecified atom stereocenters. The third-order valence-corrected chi connectivity index (χ3v) is 5.64. The van der Waals surface area contributed by atoms with Crippen LogP contribution in [0, 0.1) is 0 Å². The number of nitrogens with one attached hydrogen (secondary N) is 1. The lowest BCUT2D eigenvalue weighted by atomic mass is 10.1. The fourth-order valence-electron chi connectivity index (χ4n) is 3.94. The van der Waals surface area contributed by atoms with Crippen molar-refractivity contribution < 1.29 is 9.59 Å². The van der Waals surface area contributed by atoms with Gasteiger partial charge in [0.15, 0.2) is 0 Å². The number of nitrogens with zero attached hydrogens (tertiary/aromatic N) is 3. The molecule has 154 valence electrons. The molecular weight excluding hydrogens is 388 g/mol. The van der Waals surface area contributed by atoms with Gasteiger partial charge < -0.3 is 10.2 Å². The number of carbonyl (C=O) groups excluding carboxylic acids is 2. The highest BCUT2D eigenvalue weighted by Crippen LogP contribution is 2.22. The Bertz CT molecular complexity index is 1240. The van der Waals surface area contributed by atoms with Gasteiger partial charge in [0.25, 0.3) is 5.91 Å². The summed E-state index contributed by atoms with van der Waals surface area (Å²) in [5.74, 6) is 0.0500. The summed E-state index contributed by atoms with van der Waals surface area (Å²) in [5.41, 5.74) is 5.43. The second-order valence-electron chi connectivity index (χ2n) is 7.65. The predicted molar refractivity (Wildman–Crippen MR) is 120 cm³/mol. The molecule has 31 heavy (non-hydrogen) atoms. The van der Waals surface area contributed by atoms with Gasteiger partial charge in [-0.2, -0.15) is 0 Å². The molecule has 1 aromatic heterocycles. The van der Waals surface area contributed by atoms with Crippen LogP contribution in [0.2, 0.25) is 0 Å². The number of para-hydroxylation sites is 2. The summed E-state index contributed by atoms with van der Waals surface area (Å²) in [4.78, 5) is 30.6. The highest BCUT2D eigenvalue weighted by atomic mass is 16.2. The van der Waals surface area contributed by atoms with Crippen LogP contribution < -0.4 is 10.2 Å². The smallest absolute Gasteiger partial charge is 0.251 e. The van der Waals surface area contributed by atoms with Crippen LogP contribution >= 0.6 is 0 Å². The van der Waals surface area contributed by atoms with Crippen molar-refractivity contribution >= 4 is 28.5 Å². The number of imidazole rings is 1. The van der Waals surface area contributed by atoms with E-state index >= 15 is 0 Å². The summed E-state index contributed by atoms with van der Waals surface area (Å²) in [6.07, 6.45) is 3.32. The van der Waals surface area contributed by atoms with E-state index in [0.717, 1.165) is 40.9 Å². The van der Waals surface area contributed by atoms with E-state index < -0.39 is 0 Å². The van der Waals surface area contributed by atoms with Gasteiger partial charge >= 0.3 is 0 Å². The maximum absolute atomic E-state index is 12.6. The zero-order valence-corrected chi connectivity index (χ0v) is 17.0. The van der Waals surface area contributed by atoms with Crippen LogP contribution in [0.1, 0.15) is 28.8 Å². The molecule has 1 saturated heterocycles. The molecule has 0 aliphatic carbocycles. The lowest BCUT2D eigenvalue weighted by Gasteiger charge is -2.16. The topological polar surface area (TPSA) is 67.2 Å². The van der Waals surface area contributed by atoms with Crippen molar-refractivity contribution in [3.05, 3.63) is 90.3 Å². The fraction of sp³-hybridized carbons (Fsp3) is 0.160. The van der Waals surface area contributed by atoms with Gasteiger partial charge in [-0.25, -0.2) is 4.98 Å². The number of fused-ring (bicyclic) bond motifs is 1. The summed E-state index contributed by atoms with van der Waals surface area (Å²) in [7, 11) is 0. The van der Waals surface area contributed by atoms with Crippen molar-refractivity contribution in [1.29, 1.82) is 0 Å². The molecule has 1 N–H and O–H groups in total. The molecule has 0 radical (unpaired) electrons. The van der Waals surface area contributed by atoms with Crippen molar-refractivity contribution in [1.82, 2.24) is 14.9 Å². The molecule has 0 spiro atoms. The average molecular weight is 410 g/mol. The van der Waals surface area contributed by atoms with Gasteiger partial charge in [0, 0.05) is 36.4 Å².